The van der Waals surface area contributed by atoms with Crippen molar-refractivity contribution in [1.82, 2.24) is 10.2 Å². The molecule has 0 spiro atoms. The van der Waals surface area contributed by atoms with E-state index in [0.717, 1.165) is 4.90 Å². The number of carbonyl (C=O) groups is 4. The van der Waals surface area contributed by atoms with Gasteiger partial charge in [-0.25, -0.2) is 4.79 Å². The summed E-state index contributed by atoms with van der Waals surface area (Å²) in [6.45, 7) is 0.532. The predicted molar refractivity (Wildman–Crippen MR) is 116 cm³/mol. The lowest BCUT2D eigenvalue weighted by Crippen LogP contribution is -2.44. The van der Waals surface area contributed by atoms with Gasteiger partial charge < -0.3 is 20.1 Å². The zero-order valence-electron chi connectivity index (χ0n) is 17.5. The molecule has 1 atom stereocenters. The lowest BCUT2D eigenvalue weighted by molar-refractivity contribution is -0.150. The third-order valence-electron chi connectivity index (χ3n) is 5.06. The summed E-state index contributed by atoms with van der Waals surface area (Å²) in [6.07, 6.45) is 0.303. The molecule has 32 heavy (non-hydrogen) atoms. The van der Waals surface area contributed by atoms with Crippen molar-refractivity contribution >= 4 is 41.1 Å². The number of esters is 1. The molecule has 168 valence electrons. The highest BCUT2D eigenvalue weighted by molar-refractivity contribution is 6.31. The molecule has 3 rings (SSSR count). The molecule has 0 aliphatic carbocycles. The monoisotopic (exact) mass is 459 g/mol. The van der Waals surface area contributed by atoms with E-state index < -0.39 is 42.5 Å². The first kappa shape index (κ1) is 23.1. The van der Waals surface area contributed by atoms with Crippen molar-refractivity contribution in [2.45, 2.75) is 18.9 Å². The maximum absolute atomic E-state index is 13.0. The molecule has 10 heteroatoms. The SMILES string of the molecule is CCC1(c2ccccc2)NC(=O)N(CC(=O)OCC(=O)Nc2cc(Cl)ccc2OC)C1=O. The minimum atomic E-state index is -1.25. The average Bonchev–Trinajstić information content (AvgIpc) is 3.03. The van der Waals surface area contributed by atoms with Crippen molar-refractivity contribution in [1.29, 1.82) is 0 Å². The van der Waals surface area contributed by atoms with E-state index in [0.29, 0.717) is 28.4 Å². The Bertz CT molecular complexity index is 1050. The number of urea groups is 1. The number of anilines is 1. The summed E-state index contributed by atoms with van der Waals surface area (Å²) in [4.78, 5) is 50.6. The fourth-order valence-electron chi connectivity index (χ4n) is 3.42. The standard InChI is InChI=1S/C22H22ClN3O6/c1-3-22(14-7-5-4-6-8-14)20(29)26(21(30)25-22)12-19(28)32-13-18(27)24-16-11-15(23)9-10-17(16)31-2/h4-11H,3,12-13H2,1-2H3,(H,24,27)(H,25,30). The topological polar surface area (TPSA) is 114 Å². The second-order valence-corrected chi connectivity index (χ2v) is 7.44. The zero-order valence-corrected chi connectivity index (χ0v) is 18.3. The molecule has 1 unspecified atom stereocenters. The van der Waals surface area contributed by atoms with Crippen LogP contribution in [0.4, 0.5) is 10.5 Å². The molecule has 2 aromatic carbocycles. The van der Waals surface area contributed by atoms with Gasteiger partial charge in [-0.15, -0.1) is 0 Å². The summed E-state index contributed by atoms with van der Waals surface area (Å²) in [5, 5.41) is 5.59. The van der Waals surface area contributed by atoms with E-state index >= 15 is 0 Å². The average molecular weight is 460 g/mol. The molecule has 9 nitrogen and oxygen atoms in total. The van der Waals surface area contributed by atoms with Crippen molar-refractivity contribution < 1.29 is 28.7 Å². The number of benzene rings is 2. The quantitative estimate of drug-likeness (QED) is 0.463. The normalized spacial score (nSPS) is 17.7. The Morgan fingerprint density at radius 2 is 1.88 bits per heavy atom. The van der Waals surface area contributed by atoms with Gasteiger partial charge in [0.2, 0.25) is 0 Å². The van der Waals surface area contributed by atoms with Crippen molar-refractivity contribution in [2.24, 2.45) is 0 Å². The van der Waals surface area contributed by atoms with Gasteiger partial charge in [0.1, 0.15) is 17.8 Å². The number of hydrogen-bond acceptors (Lipinski definition) is 6. The van der Waals surface area contributed by atoms with Crippen LogP contribution in [0.3, 0.4) is 0 Å². The largest absolute Gasteiger partial charge is 0.495 e. The van der Waals surface area contributed by atoms with Crippen LogP contribution in [0.1, 0.15) is 18.9 Å². The van der Waals surface area contributed by atoms with E-state index in [1.165, 1.54) is 13.2 Å². The summed E-state index contributed by atoms with van der Waals surface area (Å²) in [5.74, 6) is -1.71. The molecule has 2 aromatic rings. The van der Waals surface area contributed by atoms with E-state index in [1.807, 2.05) is 0 Å². The van der Waals surface area contributed by atoms with Crippen LogP contribution < -0.4 is 15.4 Å². The third-order valence-corrected chi connectivity index (χ3v) is 5.29. The van der Waals surface area contributed by atoms with Crippen LogP contribution in [0.2, 0.25) is 5.02 Å². The number of hydrogen-bond donors (Lipinski definition) is 2. The number of nitrogens with zero attached hydrogens (tertiary/aromatic N) is 1. The molecule has 4 amide bonds. The van der Waals surface area contributed by atoms with Crippen LogP contribution in [-0.2, 0) is 24.7 Å². The van der Waals surface area contributed by atoms with Gasteiger partial charge in [0.05, 0.1) is 12.8 Å². The number of nitrogens with one attached hydrogen (secondary N) is 2. The Morgan fingerprint density at radius 1 is 1.16 bits per heavy atom. The minimum Gasteiger partial charge on any atom is -0.495 e. The highest BCUT2D eigenvalue weighted by Gasteiger charge is 2.51. The summed E-state index contributed by atoms with van der Waals surface area (Å²) in [5.41, 5.74) is -0.323. The van der Waals surface area contributed by atoms with Crippen LogP contribution >= 0.6 is 11.6 Å². The van der Waals surface area contributed by atoms with Crippen LogP contribution in [-0.4, -0.2) is 49.0 Å². The van der Waals surface area contributed by atoms with Gasteiger partial charge in [-0.05, 0) is 30.2 Å². The van der Waals surface area contributed by atoms with Gasteiger partial charge in [-0.3, -0.25) is 19.3 Å². The molecule has 0 bridgehead atoms. The number of ether oxygens (including phenoxy) is 2. The van der Waals surface area contributed by atoms with Crippen molar-refractivity contribution in [3.8, 4) is 5.75 Å². The van der Waals surface area contributed by atoms with Crippen LogP contribution in [0.25, 0.3) is 0 Å². The molecule has 2 N–H and O–H groups in total. The van der Waals surface area contributed by atoms with Crippen molar-refractivity contribution in [2.75, 3.05) is 25.6 Å². The number of carbonyl (C=O) groups excluding carboxylic acids is 4. The van der Waals surface area contributed by atoms with Gasteiger partial charge in [-0.2, -0.15) is 0 Å². The van der Waals surface area contributed by atoms with E-state index in [9.17, 15) is 19.2 Å². The Balaban J connectivity index is 1.60. The van der Waals surface area contributed by atoms with Gasteiger partial charge >= 0.3 is 12.0 Å². The Morgan fingerprint density at radius 3 is 2.53 bits per heavy atom. The molecule has 0 saturated carbocycles. The molecule has 0 radical (unpaired) electrons. The number of rotatable bonds is 8. The molecule has 1 aliphatic heterocycles. The van der Waals surface area contributed by atoms with Gasteiger partial charge in [-0.1, -0.05) is 48.9 Å². The van der Waals surface area contributed by atoms with E-state index in [4.69, 9.17) is 21.1 Å². The number of halogens is 1. The van der Waals surface area contributed by atoms with Gasteiger partial charge in [0.25, 0.3) is 11.8 Å². The number of imide groups is 1. The van der Waals surface area contributed by atoms with Crippen LogP contribution in [0, 0.1) is 0 Å². The van der Waals surface area contributed by atoms with Crippen molar-refractivity contribution in [3.63, 3.8) is 0 Å². The summed E-state index contributed by atoms with van der Waals surface area (Å²) in [6, 6.07) is 12.7. The third kappa shape index (κ3) is 4.67. The Kier molecular flexibility index (Phi) is 6.99. The molecule has 1 saturated heterocycles. The zero-order chi connectivity index (χ0) is 23.3. The first-order chi connectivity index (χ1) is 15.3. The molecular weight excluding hydrogens is 438 g/mol. The molecular formula is C22H22ClN3O6. The lowest BCUT2D eigenvalue weighted by atomic mass is 9.87. The highest BCUT2D eigenvalue weighted by atomic mass is 35.5. The van der Waals surface area contributed by atoms with Crippen molar-refractivity contribution in [3.05, 3.63) is 59.1 Å². The Labute approximate surface area is 189 Å². The highest BCUT2D eigenvalue weighted by Crippen LogP contribution is 2.32. The van der Waals surface area contributed by atoms with E-state index in [-0.39, 0.29) is 0 Å². The van der Waals surface area contributed by atoms with E-state index in [2.05, 4.69) is 10.6 Å². The first-order valence-electron chi connectivity index (χ1n) is 9.79. The van der Waals surface area contributed by atoms with Crippen LogP contribution in [0.15, 0.2) is 48.5 Å². The number of amides is 4. The van der Waals surface area contributed by atoms with Gasteiger partial charge in [0.15, 0.2) is 6.61 Å². The molecule has 0 aromatic heterocycles. The smallest absolute Gasteiger partial charge is 0.326 e. The second kappa shape index (κ2) is 9.69. The molecule has 1 heterocycles. The molecule has 1 fully saturated rings. The number of methoxy groups -OCH3 is 1. The summed E-state index contributed by atoms with van der Waals surface area (Å²) < 4.78 is 10.1. The summed E-state index contributed by atoms with van der Waals surface area (Å²) >= 11 is 5.92. The first-order valence-corrected chi connectivity index (χ1v) is 10.2. The fraction of sp³-hybridized carbons (Fsp3) is 0.273. The maximum Gasteiger partial charge on any atom is 0.326 e. The van der Waals surface area contributed by atoms with E-state index in [1.54, 1.807) is 49.4 Å². The Hall–Kier alpha value is -3.59. The fourth-order valence-corrected chi connectivity index (χ4v) is 3.59. The molecule has 1 aliphatic rings. The van der Waals surface area contributed by atoms with Gasteiger partial charge in [0, 0.05) is 5.02 Å². The summed E-state index contributed by atoms with van der Waals surface area (Å²) in [7, 11) is 1.43. The van der Waals surface area contributed by atoms with Crippen LogP contribution in [0.5, 0.6) is 5.75 Å². The maximum atomic E-state index is 13.0. The lowest BCUT2D eigenvalue weighted by Gasteiger charge is -2.25. The predicted octanol–water partition coefficient (Wildman–Crippen LogP) is 2.69. The second-order valence-electron chi connectivity index (χ2n) is 7.00. The minimum absolute atomic E-state index is 0.303.